The Kier molecular flexibility index (Phi) is 2.33. The highest BCUT2D eigenvalue weighted by molar-refractivity contribution is 5.85. The molecule has 0 saturated carbocycles. The summed E-state index contributed by atoms with van der Waals surface area (Å²) < 4.78 is 15.9. The highest BCUT2D eigenvalue weighted by Crippen LogP contribution is 2.27. The number of hydrogen-bond acceptors (Lipinski definition) is 2. The highest BCUT2D eigenvalue weighted by Gasteiger charge is 2.12. The molecule has 0 aliphatic heterocycles. The number of nitrogens with zero attached hydrogens (tertiary/aromatic N) is 2. The van der Waals surface area contributed by atoms with Crippen LogP contribution in [0.4, 0.5) is 10.2 Å². The van der Waals surface area contributed by atoms with E-state index in [2.05, 4.69) is 9.97 Å². The van der Waals surface area contributed by atoms with Crippen molar-refractivity contribution in [1.82, 2.24) is 14.4 Å². The van der Waals surface area contributed by atoms with Crippen molar-refractivity contribution in [2.24, 2.45) is 0 Å². The summed E-state index contributed by atoms with van der Waals surface area (Å²) in [4.78, 5) is 7.20. The molecule has 4 rings (SSSR count). The van der Waals surface area contributed by atoms with Gasteiger partial charge >= 0.3 is 0 Å². The minimum atomic E-state index is -0.374. The fraction of sp³-hybridized carbons (Fsp3) is 0.0625. The van der Waals surface area contributed by atoms with Gasteiger partial charge in [-0.15, -0.1) is 0 Å². The van der Waals surface area contributed by atoms with Crippen LogP contribution in [0.3, 0.4) is 0 Å². The van der Waals surface area contributed by atoms with Crippen LogP contribution in [0.5, 0.6) is 0 Å². The second kappa shape index (κ2) is 4.09. The maximum atomic E-state index is 14.2. The summed E-state index contributed by atoms with van der Waals surface area (Å²) in [6.07, 6.45) is 3.75. The minimum absolute atomic E-state index is 0.261. The molecule has 0 amide bonds. The smallest absolute Gasteiger partial charge is 0.175 e. The first-order valence-electron chi connectivity index (χ1n) is 6.65. The third-order valence-corrected chi connectivity index (χ3v) is 3.84. The first-order chi connectivity index (χ1) is 10.1. The lowest BCUT2D eigenvalue weighted by molar-refractivity contribution is 0.630. The number of nitrogens with two attached hydrogens (primary N) is 1. The normalized spacial score (nSPS) is 11.5. The standard InChI is InChI=1S/C16H13FN4/c1-9-15(18)20-16-13(17)7-12(8-21(9)16)10-2-3-14-11(6-10)4-5-19-14/h2-8,19H,18H2,1H3. The van der Waals surface area contributed by atoms with Gasteiger partial charge < -0.3 is 10.7 Å². The van der Waals surface area contributed by atoms with Gasteiger partial charge in [0, 0.05) is 23.5 Å². The third-order valence-electron chi connectivity index (χ3n) is 3.84. The number of anilines is 1. The van der Waals surface area contributed by atoms with E-state index in [-0.39, 0.29) is 11.5 Å². The molecule has 0 aliphatic rings. The van der Waals surface area contributed by atoms with Gasteiger partial charge in [-0.3, -0.25) is 4.40 Å². The molecule has 21 heavy (non-hydrogen) atoms. The number of halogens is 1. The number of nitrogen functional groups attached to an aromatic ring is 1. The van der Waals surface area contributed by atoms with E-state index in [0.29, 0.717) is 5.82 Å². The molecule has 1 aromatic carbocycles. The minimum Gasteiger partial charge on any atom is -0.382 e. The van der Waals surface area contributed by atoms with E-state index >= 15 is 0 Å². The van der Waals surface area contributed by atoms with Crippen molar-refractivity contribution in [3.05, 3.63) is 54.2 Å². The highest BCUT2D eigenvalue weighted by atomic mass is 19.1. The lowest BCUT2D eigenvalue weighted by atomic mass is 10.1. The summed E-state index contributed by atoms with van der Waals surface area (Å²) in [6.45, 7) is 1.83. The fourth-order valence-corrected chi connectivity index (χ4v) is 2.63. The van der Waals surface area contributed by atoms with Crippen molar-refractivity contribution >= 4 is 22.4 Å². The molecule has 4 aromatic rings. The zero-order valence-electron chi connectivity index (χ0n) is 11.4. The molecule has 104 valence electrons. The number of hydrogen-bond donors (Lipinski definition) is 2. The Hall–Kier alpha value is -2.82. The third kappa shape index (κ3) is 1.71. The fourth-order valence-electron chi connectivity index (χ4n) is 2.63. The summed E-state index contributed by atoms with van der Waals surface area (Å²) in [5.41, 5.74) is 9.58. The topological polar surface area (TPSA) is 59.1 Å². The van der Waals surface area contributed by atoms with Gasteiger partial charge in [-0.05, 0) is 42.1 Å². The molecular formula is C16H13FN4. The molecule has 3 N–H and O–H groups in total. The molecule has 5 heteroatoms. The van der Waals surface area contributed by atoms with Crippen LogP contribution in [0.2, 0.25) is 0 Å². The second-order valence-corrected chi connectivity index (χ2v) is 5.13. The summed E-state index contributed by atoms with van der Waals surface area (Å²) in [7, 11) is 0. The monoisotopic (exact) mass is 280 g/mol. The molecule has 0 spiro atoms. The average molecular weight is 280 g/mol. The van der Waals surface area contributed by atoms with Gasteiger partial charge in [0.1, 0.15) is 5.82 Å². The van der Waals surface area contributed by atoms with Gasteiger partial charge in [-0.25, -0.2) is 9.37 Å². The van der Waals surface area contributed by atoms with Crippen LogP contribution in [-0.2, 0) is 0 Å². The molecule has 0 atom stereocenters. The Morgan fingerprint density at radius 1 is 1.19 bits per heavy atom. The van der Waals surface area contributed by atoms with Crippen LogP contribution in [-0.4, -0.2) is 14.4 Å². The number of imidazole rings is 1. The maximum absolute atomic E-state index is 14.2. The molecule has 0 bridgehead atoms. The van der Waals surface area contributed by atoms with Crippen molar-refractivity contribution in [1.29, 1.82) is 0 Å². The number of fused-ring (bicyclic) bond motifs is 2. The zero-order chi connectivity index (χ0) is 14.6. The first kappa shape index (κ1) is 12.0. The Balaban J connectivity index is 1.98. The number of benzene rings is 1. The van der Waals surface area contributed by atoms with Crippen LogP contribution in [0.15, 0.2) is 42.7 Å². The van der Waals surface area contributed by atoms with Crippen LogP contribution in [0.25, 0.3) is 27.7 Å². The predicted octanol–water partition coefficient (Wildman–Crippen LogP) is 3.51. The SMILES string of the molecule is Cc1c(N)nc2c(F)cc(-c3ccc4[nH]ccc4c3)cn12. The average Bonchev–Trinajstić information content (AvgIpc) is 3.05. The number of H-pyrrole nitrogens is 1. The van der Waals surface area contributed by atoms with Gasteiger partial charge in [0.25, 0.3) is 0 Å². The molecule has 3 heterocycles. The maximum Gasteiger partial charge on any atom is 0.175 e. The van der Waals surface area contributed by atoms with Gasteiger partial charge in [0.15, 0.2) is 11.5 Å². The van der Waals surface area contributed by atoms with Crippen LogP contribution < -0.4 is 5.73 Å². The van der Waals surface area contributed by atoms with Gasteiger partial charge in [0.05, 0.1) is 5.69 Å². The van der Waals surface area contributed by atoms with Crippen LogP contribution in [0, 0.1) is 12.7 Å². The Morgan fingerprint density at radius 2 is 2.05 bits per heavy atom. The van der Waals surface area contributed by atoms with E-state index in [0.717, 1.165) is 27.7 Å². The molecular weight excluding hydrogens is 267 g/mol. The summed E-state index contributed by atoms with van der Waals surface area (Å²) in [5.74, 6) is -0.0198. The summed E-state index contributed by atoms with van der Waals surface area (Å²) in [5, 5.41) is 1.09. The van der Waals surface area contributed by atoms with E-state index in [1.807, 2.05) is 43.6 Å². The number of pyridine rings is 1. The van der Waals surface area contributed by atoms with Crippen LogP contribution in [0.1, 0.15) is 5.69 Å². The Bertz CT molecular complexity index is 981. The number of aromatic amines is 1. The summed E-state index contributed by atoms with van der Waals surface area (Å²) in [6, 6.07) is 9.47. The van der Waals surface area contributed by atoms with E-state index in [9.17, 15) is 4.39 Å². The lowest BCUT2D eigenvalue weighted by Crippen LogP contribution is -1.93. The van der Waals surface area contributed by atoms with Crippen molar-refractivity contribution in [3.63, 3.8) is 0 Å². The lowest BCUT2D eigenvalue weighted by Gasteiger charge is -2.05. The Morgan fingerprint density at radius 3 is 2.90 bits per heavy atom. The largest absolute Gasteiger partial charge is 0.382 e. The first-order valence-corrected chi connectivity index (χ1v) is 6.65. The molecule has 0 saturated heterocycles. The van der Waals surface area contributed by atoms with Crippen molar-refractivity contribution in [2.45, 2.75) is 6.92 Å². The zero-order valence-corrected chi connectivity index (χ0v) is 11.4. The molecule has 0 unspecified atom stereocenters. The molecule has 0 aliphatic carbocycles. The van der Waals surface area contributed by atoms with Gasteiger partial charge in [-0.2, -0.15) is 0 Å². The predicted molar refractivity (Wildman–Crippen MR) is 81.6 cm³/mol. The number of aromatic nitrogens is 3. The molecule has 4 nitrogen and oxygen atoms in total. The van der Waals surface area contributed by atoms with E-state index in [4.69, 9.17) is 5.73 Å². The molecule has 3 aromatic heterocycles. The second-order valence-electron chi connectivity index (χ2n) is 5.13. The van der Waals surface area contributed by atoms with Crippen molar-refractivity contribution in [2.75, 3.05) is 5.73 Å². The molecule has 0 fully saturated rings. The van der Waals surface area contributed by atoms with Gasteiger partial charge in [-0.1, -0.05) is 6.07 Å². The quantitative estimate of drug-likeness (QED) is 0.560. The van der Waals surface area contributed by atoms with Crippen LogP contribution >= 0.6 is 0 Å². The Labute approximate surface area is 120 Å². The van der Waals surface area contributed by atoms with Crippen molar-refractivity contribution < 1.29 is 4.39 Å². The van der Waals surface area contributed by atoms with Crippen molar-refractivity contribution in [3.8, 4) is 11.1 Å². The van der Waals surface area contributed by atoms with E-state index in [1.165, 1.54) is 6.07 Å². The molecule has 0 radical (unpaired) electrons. The number of aryl methyl sites for hydroxylation is 1. The van der Waals surface area contributed by atoms with Gasteiger partial charge in [0.2, 0.25) is 0 Å². The number of rotatable bonds is 1. The van der Waals surface area contributed by atoms with E-state index in [1.54, 1.807) is 4.40 Å². The number of nitrogens with one attached hydrogen (secondary N) is 1. The van der Waals surface area contributed by atoms with E-state index < -0.39 is 0 Å². The summed E-state index contributed by atoms with van der Waals surface area (Å²) >= 11 is 0.